The van der Waals surface area contributed by atoms with E-state index in [-0.39, 0.29) is 0 Å². The second-order valence-corrected chi connectivity index (χ2v) is 10.8. The van der Waals surface area contributed by atoms with Crippen LogP contribution < -0.4 is 0 Å². The Labute approximate surface area is 252 Å². The number of benzene rings is 7. The zero-order valence-electron chi connectivity index (χ0n) is 24.0. The van der Waals surface area contributed by atoms with E-state index in [1.54, 1.807) is 0 Å². The highest BCUT2D eigenvalue weighted by Gasteiger charge is 2.19. The molecular formula is C42H30O. The van der Waals surface area contributed by atoms with E-state index in [9.17, 15) is 4.79 Å². The lowest BCUT2D eigenvalue weighted by molar-refractivity contribution is 0.112. The van der Waals surface area contributed by atoms with Crippen LogP contribution >= 0.6 is 0 Å². The van der Waals surface area contributed by atoms with Crippen molar-refractivity contribution in [2.24, 2.45) is 0 Å². The molecule has 43 heavy (non-hydrogen) atoms. The van der Waals surface area contributed by atoms with Crippen LogP contribution in [0, 0.1) is 0 Å². The van der Waals surface area contributed by atoms with Crippen LogP contribution in [0.15, 0.2) is 140 Å². The first kappa shape index (κ1) is 26.4. The third-order valence-corrected chi connectivity index (χ3v) is 8.45. The van der Waals surface area contributed by atoms with E-state index in [2.05, 4.69) is 116 Å². The molecule has 7 aromatic rings. The third-order valence-electron chi connectivity index (χ3n) is 8.45. The summed E-state index contributed by atoms with van der Waals surface area (Å²) in [6, 6.07) is 45.2. The molecule has 0 saturated carbocycles. The van der Waals surface area contributed by atoms with Crippen molar-refractivity contribution in [3.05, 3.63) is 157 Å². The quantitative estimate of drug-likeness (QED) is 0.149. The van der Waals surface area contributed by atoms with E-state index in [1.807, 2.05) is 43.4 Å². The van der Waals surface area contributed by atoms with Crippen LogP contribution in [0.2, 0.25) is 0 Å². The topological polar surface area (TPSA) is 17.1 Å². The molecule has 0 unspecified atom stereocenters. The standard InChI is InChI=1S/C42H30O/c1-3-14-32-31(4-2)40(34-18-9-8-17-33(34)39(32)27-43)29-23-25-30(26-24-29)42-37-21-12-10-19-35(37)41(28-15-6-5-7-16-28)36-20-11-13-22-38(36)42/h3-27H,2H2,1H3/b14-3-. The van der Waals surface area contributed by atoms with Crippen molar-refractivity contribution in [1.82, 2.24) is 0 Å². The second-order valence-electron chi connectivity index (χ2n) is 10.8. The smallest absolute Gasteiger partial charge is 0.151 e. The maximum atomic E-state index is 12.3. The van der Waals surface area contributed by atoms with Gasteiger partial charge in [0.15, 0.2) is 6.29 Å². The van der Waals surface area contributed by atoms with Crippen LogP contribution in [-0.4, -0.2) is 6.29 Å². The summed E-state index contributed by atoms with van der Waals surface area (Å²) in [5.74, 6) is 0. The number of aldehydes is 1. The monoisotopic (exact) mass is 550 g/mol. The van der Waals surface area contributed by atoms with Crippen molar-refractivity contribution in [3.63, 3.8) is 0 Å². The summed E-state index contributed by atoms with van der Waals surface area (Å²) in [5, 5.41) is 6.94. The number of hydrogen-bond donors (Lipinski definition) is 0. The van der Waals surface area contributed by atoms with Gasteiger partial charge in [-0.3, -0.25) is 4.79 Å². The van der Waals surface area contributed by atoms with Gasteiger partial charge >= 0.3 is 0 Å². The van der Waals surface area contributed by atoms with E-state index in [4.69, 9.17) is 0 Å². The molecule has 0 fully saturated rings. The van der Waals surface area contributed by atoms with Gasteiger partial charge in [-0.25, -0.2) is 0 Å². The molecule has 0 spiro atoms. The fourth-order valence-electron chi connectivity index (χ4n) is 6.66. The molecule has 7 aromatic carbocycles. The van der Waals surface area contributed by atoms with Gasteiger partial charge in [0.1, 0.15) is 0 Å². The lowest BCUT2D eigenvalue weighted by atomic mass is 9.84. The molecule has 0 aliphatic carbocycles. The zero-order valence-corrected chi connectivity index (χ0v) is 24.0. The average molecular weight is 551 g/mol. The van der Waals surface area contributed by atoms with Crippen LogP contribution in [0.3, 0.4) is 0 Å². The van der Waals surface area contributed by atoms with Crippen molar-refractivity contribution < 1.29 is 4.79 Å². The lowest BCUT2D eigenvalue weighted by Crippen LogP contribution is -1.98. The maximum Gasteiger partial charge on any atom is 0.151 e. The van der Waals surface area contributed by atoms with Crippen molar-refractivity contribution >= 4 is 50.8 Å². The summed E-state index contributed by atoms with van der Waals surface area (Å²) in [6.07, 6.45) is 6.83. The molecule has 1 nitrogen and oxygen atoms in total. The van der Waals surface area contributed by atoms with Gasteiger partial charge in [0.05, 0.1) is 0 Å². The molecule has 0 aromatic heterocycles. The molecule has 0 saturated heterocycles. The van der Waals surface area contributed by atoms with Gasteiger partial charge in [0.25, 0.3) is 0 Å². The van der Waals surface area contributed by atoms with Gasteiger partial charge < -0.3 is 0 Å². The Hall–Kier alpha value is -5.53. The molecular weight excluding hydrogens is 520 g/mol. The van der Waals surface area contributed by atoms with Crippen LogP contribution in [0.1, 0.15) is 28.4 Å². The molecule has 204 valence electrons. The summed E-state index contributed by atoms with van der Waals surface area (Å²) >= 11 is 0. The van der Waals surface area contributed by atoms with Crippen molar-refractivity contribution in [2.45, 2.75) is 6.92 Å². The van der Waals surface area contributed by atoms with Crippen LogP contribution in [0.5, 0.6) is 0 Å². The van der Waals surface area contributed by atoms with E-state index in [1.165, 1.54) is 43.8 Å². The number of carbonyl (C=O) groups excluding carboxylic acids is 1. The average Bonchev–Trinajstić information content (AvgIpc) is 3.07. The first-order chi connectivity index (χ1) is 21.2. The number of fused-ring (bicyclic) bond motifs is 3. The van der Waals surface area contributed by atoms with Gasteiger partial charge in [0, 0.05) is 5.56 Å². The van der Waals surface area contributed by atoms with Gasteiger partial charge in [-0.05, 0) is 83.7 Å². The van der Waals surface area contributed by atoms with Crippen molar-refractivity contribution in [1.29, 1.82) is 0 Å². The Kier molecular flexibility index (Phi) is 6.77. The molecule has 0 heterocycles. The Bertz CT molecular complexity index is 2140. The normalized spacial score (nSPS) is 11.5. The predicted molar refractivity (Wildman–Crippen MR) is 185 cm³/mol. The first-order valence-electron chi connectivity index (χ1n) is 14.6. The van der Waals surface area contributed by atoms with Gasteiger partial charge in [-0.15, -0.1) is 0 Å². The van der Waals surface area contributed by atoms with E-state index >= 15 is 0 Å². The van der Waals surface area contributed by atoms with Crippen LogP contribution in [0.4, 0.5) is 0 Å². The number of hydrogen-bond acceptors (Lipinski definition) is 1. The minimum atomic E-state index is 0.695. The van der Waals surface area contributed by atoms with Crippen molar-refractivity contribution in [2.75, 3.05) is 0 Å². The SMILES string of the molecule is C=Cc1c(/C=C\C)c(C=O)c2ccccc2c1-c1ccc(-c2c3ccccc3c(-c3ccccc3)c3ccccc23)cc1. The minimum absolute atomic E-state index is 0.695. The summed E-state index contributed by atoms with van der Waals surface area (Å²) < 4.78 is 0. The molecule has 0 radical (unpaired) electrons. The fraction of sp³-hybridized carbons (Fsp3) is 0.0238. The molecule has 1 heteroatoms. The maximum absolute atomic E-state index is 12.3. The molecule has 0 aliphatic heterocycles. The van der Waals surface area contributed by atoms with Gasteiger partial charge in [-0.2, -0.15) is 0 Å². The number of rotatable bonds is 6. The van der Waals surface area contributed by atoms with Crippen molar-refractivity contribution in [3.8, 4) is 33.4 Å². The van der Waals surface area contributed by atoms with E-state index in [0.717, 1.165) is 39.3 Å². The third kappa shape index (κ3) is 4.29. The second kappa shape index (κ2) is 11.0. The fourth-order valence-corrected chi connectivity index (χ4v) is 6.66. The molecule has 0 atom stereocenters. The molecule has 0 amide bonds. The molecule has 0 bridgehead atoms. The summed E-state index contributed by atoms with van der Waals surface area (Å²) in [4.78, 5) is 12.3. The van der Waals surface area contributed by atoms with E-state index < -0.39 is 0 Å². The Morgan fingerprint density at radius 1 is 0.442 bits per heavy atom. The zero-order chi connectivity index (χ0) is 29.3. The van der Waals surface area contributed by atoms with E-state index in [0.29, 0.717) is 5.56 Å². The summed E-state index contributed by atoms with van der Waals surface area (Å²) in [6.45, 7) is 6.13. The highest BCUT2D eigenvalue weighted by atomic mass is 16.1. The van der Waals surface area contributed by atoms with Crippen LogP contribution in [-0.2, 0) is 0 Å². The van der Waals surface area contributed by atoms with Gasteiger partial charge in [0.2, 0.25) is 0 Å². The highest BCUT2D eigenvalue weighted by Crippen LogP contribution is 2.44. The Morgan fingerprint density at radius 3 is 1.28 bits per heavy atom. The molecule has 0 N–H and O–H groups in total. The van der Waals surface area contributed by atoms with Gasteiger partial charge in [-0.1, -0.05) is 152 Å². The first-order valence-corrected chi connectivity index (χ1v) is 14.6. The highest BCUT2D eigenvalue weighted by molar-refractivity contribution is 6.21. The summed E-state index contributed by atoms with van der Waals surface area (Å²) in [7, 11) is 0. The Morgan fingerprint density at radius 2 is 0.837 bits per heavy atom. The Balaban J connectivity index is 1.49. The number of allylic oxidation sites excluding steroid dienone is 1. The minimum Gasteiger partial charge on any atom is -0.298 e. The molecule has 7 rings (SSSR count). The number of carbonyl (C=O) groups is 1. The predicted octanol–water partition coefficient (Wildman–Crippen LogP) is 11.6. The largest absolute Gasteiger partial charge is 0.298 e. The molecule has 0 aliphatic rings. The summed E-state index contributed by atoms with van der Waals surface area (Å²) in [5.41, 5.74) is 9.62. The van der Waals surface area contributed by atoms with Crippen LogP contribution in [0.25, 0.3) is 77.9 Å². The lowest BCUT2D eigenvalue weighted by Gasteiger charge is -2.19.